The number of benzene rings is 1. The number of aromatic nitrogens is 1. The first-order chi connectivity index (χ1) is 10.5. The summed E-state index contributed by atoms with van der Waals surface area (Å²) < 4.78 is 7.61. The molecule has 0 radical (unpaired) electrons. The Balaban J connectivity index is 1.92. The van der Waals surface area contributed by atoms with Crippen molar-refractivity contribution in [3.8, 4) is 5.75 Å². The van der Waals surface area contributed by atoms with Crippen molar-refractivity contribution in [2.45, 2.75) is 33.4 Å². The van der Waals surface area contributed by atoms with Crippen LogP contribution in [0.15, 0.2) is 30.5 Å². The molecule has 0 spiro atoms. The molecule has 0 N–H and O–H groups in total. The molecule has 1 aliphatic heterocycles. The smallest absolute Gasteiger partial charge is 0.254 e. The van der Waals surface area contributed by atoms with Gasteiger partial charge in [-0.2, -0.15) is 0 Å². The minimum Gasteiger partial charge on any atom is -0.496 e. The summed E-state index contributed by atoms with van der Waals surface area (Å²) in [6.45, 7) is 7.64. The molecule has 0 unspecified atom stereocenters. The van der Waals surface area contributed by atoms with Gasteiger partial charge in [0.05, 0.1) is 13.2 Å². The summed E-state index contributed by atoms with van der Waals surface area (Å²) in [5.74, 6) is 0.950. The second-order valence-corrected chi connectivity index (χ2v) is 5.94. The van der Waals surface area contributed by atoms with Crippen LogP contribution in [0.2, 0.25) is 0 Å². The molecule has 2 aromatic rings. The molecule has 1 aliphatic rings. The van der Waals surface area contributed by atoms with E-state index in [1.807, 2.05) is 36.9 Å². The number of carbonyl (C=O) groups is 1. The number of fused-ring (bicyclic) bond motifs is 1. The van der Waals surface area contributed by atoms with Crippen molar-refractivity contribution in [1.82, 2.24) is 9.47 Å². The number of nitrogens with zero attached hydrogens (tertiary/aromatic N) is 2. The van der Waals surface area contributed by atoms with Crippen molar-refractivity contribution < 1.29 is 9.53 Å². The van der Waals surface area contributed by atoms with Crippen molar-refractivity contribution in [1.29, 1.82) is 0 Å². The van der Waals surface area contributed by atoms with Crippen LogP contribution in [0, 0.1) is 13.8 Å². The summed E-state index contributed by atoms with van der Waals surface area (Å²) in [6.07, 6.45) is 2.08. The van der Waals surface area contributed by atoms with Crippen molar-refractivity contribution in [3.05, 3.63) is 52.8 Å². The first kappa shape index (κ1) is 14.7. The molecule has 116 valence electrons. The molecule has 0 aliphatic carbocycles. The van der Waals surface area contributed by atoms with Gasteiger partial charge in [-0.15, -0.1) is 0 Å². The highest BCUT2D eigenvalue weighted by molar-refractivity contribution is 5.95. The Kier molecular flexibility index (Phi) is 3.69. The van der Waals surface area contributed by atoms with Gasteiger partial charge in [0.1, 0.15) is 5.75 Å². The number of carbonyl (C=O) groups excluding carboxylic acids is 1. The zero-order chi connectivity index (χ0) is 15.9. The van der Waals surface area contributed by atoms with Crippen molar-refractivity contribution >= 4 is 5.91 Å². The highest BCUT2D eigenvalue weighted by Crippen LogP contribution is 2.29. The molecule has 0 bridgehead atoms. The van der Waals surface area contributed by atoms with Crippen LogP contribution in [0.5, 0.6) is 5.75 Å². The van der Waals surface area contributed by atoms with E-state index >= 15 is 0 Å². The minimum absolute atomic E-state index is 0.0915. The second kappa shape index (κ2) is 5.52. The third kappa shape index (κ3) is 2.28. The standard InChI is InChI=1S/C18H22N2O2/c1-12-10-15(11-13(2)17(12)22-4)18(21)20-9-8-19-7-5-6-16(19)14(20)3/h5-7,10-11,14H,8-9H2,1-4H3/t14-/m0/s1. The van der Waals surface area contributed by atoms with Crippen molar-refractivity contribution in [3.63, 3.8) is 0 Å². The van der Waals surface area contributed by atoms with E-state index in [-0.39, 0.29) is 11.9 Å². The Hall–Kier alpha value is -2.23. The number of ether oxygens (including phenoxy) is 1. The first-order valence-corrected chi connectivity index (χ1v) is 7.64. The average molecular weight is 298 g/mol. The Morgan fingerprint density at radius 1 is 1.23 bits per heavy atom. The van der Waals surface area contributed by atoms with Gasteiger partial charge < -0.3 is 14.2 Å². The third-order valence-corrected chi connectivity index (χ3v) is 4.51. The van der Waals surface area contributed by atoms with Crippen LogP contribution in [0.3, 0.4) is 0 Å². The van der Waals surface area contributed by atoms with Crippen LogP contribution >= 0.6 is 0 Å². The monoisotopic (exact) mass is 298 g/mol. The maximum Gasteiger partial charge on any atom is 0.254 e. The topological polar surface area (TPSA) is 34.5 Å². The maximum atomic E-state index is 12.9. The molecule has 0 saturated heterocycles. The molecule has 4 nitrogen and oxygen atoms in total. The van der Waals surface area contributed by atoms with Gasteiger partial charge in [-0.3, -0.25) is 4.79 Å². The molecule has 2 heterocycles. The van der Waals surface area contributed by atoms with Crippen LogP contribution in [-0.4, -0.2) is 29.0 Å². The Morgan fingerprint density at radius 2 is 1.91 bits per heavy atom. The molecule has 1 amide bonds. The average Bonchev–Trinajstić information content (AvgIpc) is 2.96. The zero-order valence-corrected chi connectivity index (χ0v) is 13.6. The fourth-order valence-corrected chi connectivity index (χ4v) is 3.42. The van der Waals surface area contributed by atoms with Gasteiger partial charge in [0, 0.05) is 30.5 Å². The quantitative estimate of drug-likeness (QED) is 0.852. The fraction of sp³-hybridized carbons (Fsp3) is 0.389. The number of hydrogen-bond donors (Lipinski definition) is 0. The summed E-state index contributed by atoms with van der Waals surface area (Å²) in [7, 11) is 1.66. The van der Waals surface area contributed by atoms with E-state index in [1.54, 1.807) is 7.11 Å². The molecule has 3 rings (SSSR count). The lowest BCUT2D eigenvalue weighted by Crippen LogP contribution is -2.40. The molecule has 0 saturated carbocycles. The van der Waals surface area contributed by atoms with E-state index in [0.717, 1.165) is 35.5 Å². The Bertz CT molecular complexity index is 695. The van der Waals surface area contributed by atoms with Crippen LogP contribution < -0.4 is 4.74 Å². The summed E-state index contributed by atoms with van der Waals surface area (Å²) in [6, 6.07) is 8.08. The van der Waals surface area contributed by atoms with Crippen LogP contribution in [0.4, 0.5) is 0 Å². The Labute approximate surface area is 131 Å². The predicted octanol–water partition coefficient (Wildman–Crippen LogP) is 3.33. The molecule has 1 aromatic heterocycles. The van der Waals surface area contributed by atoms with E-state index in [9.17, 15) is 4.79 Å². The number of methoxy groups -OCH3 is 1. The number of hydrogen-bond acceptors (Lipinski definition) is 2. The van der Waals surface area contributed by atoms with E-state index in [2.05, 4.69) is 23.8 Å². The third-order valence-electron chi connectivity index (χ3n) is 4.51. The van der Waals surface area contributed by atoms with E-state index in [1.165, 1.54) is 5.69 Å². The van der Waals surface area contributed by atoms with Crippen LogP contribution in [0.1, 0.15) is 40.1 Å². The lowest BCUT2D eigenvalue weighted by molar-refractivity contribution is 0.0644. The summed E-state index contributed by atoms with van der Waals surface area (Å²) in [5, 5.41) is 0. The van der Waals surface area contributed by atoms with Gasteiger partial charge in [0.25, 0.3) is 5.91 Å². The van der Waals surface area contributed by atoms with Crippen LogP contribution in [-0.2, 0) is 6.54 Å². The zero-order valence-electron chi connectivity index (χ0n) is 13.6. The van der Waals surface area contributed by atoms with Gasteiger partial charge in [-0.25, -0.2) is 0 Å². The van der Waals surface area contributed by atoms with Gasteiger partial charge >= 0.3 is 0 Å². The molecular weight excluding hydrogens is 276 g/mol. The lowest BCUT2D eigenvalue weighted by Gasteiger charge is -2.35. The molecule has 1 aromatic carbocycles. The maximum absolute atomic E-state index is 12.9. The minimum atomic E-state index is 0.0915. The normalized spacial score (nSPS) is 17.3. The highest BCUT2D eigenvalue weighted by atomic mass is 16.5. The van der Waals surface area contributed by atoms with Gasteiger partial charge in [-0.05, 0) is 56.2 Å². The van der Waals surface area contributed by atoms with Crippen molar-refractivity contribution in [2.24, 2.45) is 0 Å². The molecule has 0 fully saturated rings. The number of rotatable bonds is 2. The van der Waals surface area contributed by atoms with Gasteiger partial charge in [0.2, 0.25) is 0 Å². The molecule has 1 atom stereocenters. The SMILES string of the molecule is COc1c(C)cc(C(=O)N2CCn3cccc3[C@@H]2C)cc1C. The predicted molar refractivity (Wildman–Crippen MR) is 86.4 cm³/mol. The molecule has 22 heavy (non-hydrogen) atoms. The van der Waals surface area contributed by atoms with Crippen molar-refractivity contribution in [2.75, 3.05) is 13.7 Å². The highest BCUT2D eigenvalue weighted by Gasteiger charge is 2.28. The summed E-state index contributed by atoms with van der Waals surface area (Å²) in [5.41, 5.74) is 3.93. The molecular formula is C18H22N2O2. The first-order valence-electron chi connectivity index (χ1n) is 7.64. The Morgan fingerprint density at radius 3 is 2.55 bits per heavy atom. The van der Waals surface area contributed by atoms with E-state index in [4.69, 9.17) is 4.74 Å². The van der Waals surface area contributed by atoms with E-state index < -0.39 is 0 Å². The number of aryl methyl sites for hydroxylation is 2. The van der Waals surface area contributed by atoms with E-state index in [0.29, 0.717) is 0 Å². The summed E-state index contributed by atoms with van der Waals surface area (Å²) >= 11 is 0. The lowest BCUT2D eigenvalue weighted by atomic mass is 10.0. The summed E-state index contributed by atoms with van der Waals surface area (Å²) in [4.78, 5) is 14.9. The molecule has 4 heteroatoms. The van der Waals surface area contributed by atoms with Gasteiger partial charge in [-0.1, -0.05) is 0 Å². The fourth-order valence-electron chi connectivity index (χ4n) is 3.42. The number of amides is 1. The largest absolute Gasteiger partial charge is 0.496 e. The second-order valence-electron chi connectivity index (χ2n) is 5.94. The van der Waals surface area contributed by atoms with Crippen LogP contribution in [0.25, 0.3) is 0 Å². The van der Waals surface area contributed by atoms with Gasteiger partial charge in [0.15, 0.2) is 0 Å².